The van der Waals surface area contributed by atoms with Crippen LogP contribution >= 0.6 is 0 Å². The molecular weight excluding hydrogens is 462 g/mol. The molecule has 3 heteroatoms. The van der Waals surface area contributed by atoms with E-state index in [9.17, 15) is 0 Å². The highest BCUT2D eigenvalue weighted by Crippen LogP contribution is 2.37. The molecule has 8 aromatic rings. The van der Waals surface area contributed by atoms with Gasteiger partial charge in [0.15, 0.2) is 0 Å². The summed E-state index contributed by atoms with van der Waals surface area (Å²) in [4.78, 5) is 4.43. The molecule has 0 saturated carbocycles. The standard InChI is InChI=1S/C35H23N3/c1-3-9-26(10-4-1)37-32-14-8-7-13-28(32)30-21-24(16-18-33(30)37)25-15-17-29-31-23-36-20-19-34(31)38(35(29)22-25)27-11-5-2-6-12-27/h1-23H. The number of fused-ring (bicyclic) bond motifs is 6. The lowest BCUT2D eigenvalue weighted by Gasteiger charge is -2.10. The van der Waals surface area contributed by atoms with E-state index in [4.69, 9.17) is 0 Å². The van der Waals surface area contributed by atoms with Gasteiger partial charge in [0.25, 0.3) is 0 Å². The first-order chi connectivity index (χ1) is 18.9. The van der Waals surface area contributed by atoms with E-state index in [1.54, 1.807) is 0 Å². The highest BCUT2D eigenvalue weighted by atomic mass is 15.0. The maximum Gasteiger partial charge on any atom is 0.0571 e. The average Bonchev–Trinajstić information content (AvgIpc) is 3.50. The Balaban J connectivity index is 1.38. The summed E-state index contributed by atoms with van der Waals surface area (Å²) in [6, 6.07) is 45.6. The highest BCUT2D eigenvalue weighted by Gasteiger charge is 2.15. The summed E-state index contributed by atoms with van der Waals surface area (Å²) in [6.07, 6.45) is 3.85. The monoisotopic (exact) mass is 485 g/mol. The van der Waals surface area contributed by atoms with Crippen molar-refractivity contribution in [1.82, 2.24) is 14.1 Å². The van der Waals surface area contributed by atoms with Gasteiger partial charge in [-0.1, -0.05) is 72.8 Å². The molecule has 0 aliphatic rings. The summed E-state index contributed by atoms with van der Waals surface area (Å²) in [5.41, 5.74) is 9.52. The Morgan fingerprint density at radius 1 is 0.395 bits per heavy atom. The smallest absolute Gasteiger partial charge is 0.0571 e. The summed E-state index contributed by atoms with van der Waals surface area (Å²) in [6.45, 7) is 0. The van der Waals surface area contributed by atoms with Crippen LogP contribution in [0.25, 0.3) is 66.1 Å². The zero-order valence-corrected chi connectivity index (χ0v) is 20.6. The van der Waals surface area contributed by atoms with Crippen molar-refractivity contribution < 1.29 is 0 Å². The predicted molar refractivity (Wildman–Crippen MR) is 158 cm³/mol. The first-order valence-electron chi connectivity index (χ1n) is 12.9. The molecular formula is C35H23N3. The van der Waals surface area contributed by atoms with E-state index in [2.05, 4.69) is 142 Å². The van der Waals surface area contributed by atoms with Gasteiger partial charge < -0.3 is 9.13 Å². The molecule has 0 aliphatic heterocycles. The number of benzene rings is 5. The second kappa shape index (κ2) is 8.19. The van der Waals surface area contributed by atoms with Gasteiger partial charge in [-0.2, -0.15) is 0 Å². The summed E-state index contributed by atoms with van der Waals surface area (Å²) in [5.74, 6) is 0. The van der Waals surface area contributed by atoms with Crippen LogP contribution in [0.15, 0.2) is 140 Å². The van der Waals surface area contributed by atoms with Crippen LogP contribution in [0.1, 0.15) is 0 Å². The van der Waals surface area contributed by atoms with E-state index in [1.165, 1.54) is 60.4 Å². The molecule has 0 aliphatic carbocycles. The van der Waals surface area contributed by atoms with Crippen molar-refractivity contribution in [2.24, 2.45) is 0 Å². The fourth-order valence-corrected chi connectivity index (χ4v) is 5.91. The van der Waals surface area contributed by atoms with Crippen LogP contribution in [0.4, 0.5) is 0 Å². The van der Waals surface area contributed by atoms with Crippen LogP contribution in [0.2, 0.25) is 0 Å². The molecule has 0 amide bonds. The summed E-state index contributed by atoms with van der Waals surface area (Å²) >= 11 is 0. The van der Waals surface area contributed by atoms with Gasteiger partial charge in [-0.25, -0.2) is 0 Å². The third-order valence-corrected chi connectivity index (χ3v) is 7.60. The Kier molecular flexibility index (Phi) is 4.52. The molecule has 0 bridgehead atoms. The van der Waals surface area contributed by atoms with Crippen LogP contribution in [-0.4, -0.2) is 14.1 Å². The number of rotatable bonds is 3. The van der Waals surface area contributed by atoms with Gasteiger partial charge in [-0.05, 0) is 65.7 Å². The van der Waals surface area contributed by atoms with Gasteiger partial charge in [-0.15, -0.1) is 0 Å². The van der Waals surface area contributed by atoms with E-state index in [-0.39, 0.29) is 0 Å². The Hall–Kier alpha value is -5.15. The van der Waals surface area contributed by atoms with Crippen LogP contribution in [0.3, 0.4) is 0 Å². The molecule has 5 aromatic carbocycles. The van der Waals surface area contributed by atoms with Crippen LogP contribution in [0, 0.1) is 0 Å². The lowest BCUT2D eigenvalue weighted by Crippen LogP contribution is -1.93. The van der Waals surface area contributed by atoms with E-state index in [0.29, 0.717) is 0 Å². The molecule has 0 radical (unpaired) electrons. The van der Waals surface area contributed by atoms with Crippen molar-refractivity contribution in [2.45, 2.75) is 0 Å². The quantitative estimate of drug-likeness (QED) is 0.245. The number of para-hydroxylation sites is 3. The van der Waals surface area contributed by atoms with Crippen molar-refractivity contribution in [2.75, 3.05) is 0 Å². The maximum atomic E-state index is 4.43. The number of nitrogens with zero attached hydrogens (tertiary/aromatic N) is 3. The third-order valence-electron chi connectivity index (χ3n) is 7.60. The number of hydrogen-bond donors (Lipinski definition) is 0. The van der Waals surface area contributed by atoms with Crippen molar-refractivity contribution in [1.29, 1.82) is 0 Å². The number of hydrogen-bond acceptors (Lipinski definition) is 1. The molecule has 8 rings (SSSR count). The maximum absolute atomic E-state index is 4.43. The lowest BCUT2D eigenvalue weighted by molar-refractivity contribution is 1.17. The Bertz CT molecular complexity index is 2120. The molecule has 0 spiro atoms. The largest absolute Gasteiger partial charge is 0.309 e. The van der Waals surface area contributed by atoms with E-state index < -0.39 is 0 Å². The Morgan fingerprint density at radius 2 is 0.974 bits per heavy atom. The van der Waals surface area contributed by atoms with Crippen LogP contribution < -0.4 is 0 Å². The second-order valence-electron chi connectivity index (χ2n) is 9.72. The first kappa shape index (κ1) is 21.0. The molecule has 0 N–H and O–H groups in total. The Labute approximate surface area is 219 Å². The molecule has 38 heavy (non-hydrogen) atoms. The molecule has 0 fully saturated rings. The van der Waals surface area contributed by atoms with Gasteiger partial charge >= 0.3 is 0 Å². The second-order valence-corrected chi connectivity index (χ2v) is 9.72. The average molecular weight is 486 g/mol. The van der Waals surface area contributed by atoms with Gasteiger partial charge in [0.1, 0.15) is 0 Å². The molecule has 3 nitrogen and oxygen atoms in total. The summed E-state index contributed by atoms with van der Waals surface area (Å²) in [5, 5.41) is 4.90. The fourth-order valence-electron chi connectivity index (χ4n) is 5.91. The minimum absolute atomic E-state index is 1.15. The van der Waals surface area contributed by atoms with Crippen LogP contribution in [0.5, 0.6) is 0 Å². The van der Waals surface area contributed by atoms with Crippen molar-refractivity contribution >= 4 is 43.6 Å². The number of aromatic nitrogens is 3. The highest BCUT2D eigenvalue weighted by molar-refractivity contribution is 6.12. The van der Waals surface area contributed by atoms with Gasteiger partial charge in [0, 0.05) is 45.3 Å². The molecule has 3 aromatic heterocycles. The summed E-state index contributed by atoms with van der Waals surface area (Å²) < 4.78 is 4.70. The lowest BCUT2D eigenvalue weighted by atomic mass is 10.0. The summed E-state index contributed by atoms with van der Waals surface area (Å²) in [7, 11) is 0. The van der Waals surface area contributed by atoms with Crippen molar-refractivity contribution in [3.05, 3.63) is 140 Å². The molecule has 0 unspecified atom stereocenters. The minimum atomic E-state index is 1.15. The molecule has 178 valence electrons. The number of pyridine rings is 1. The van der Waals surface area contributed by atoms with Gasteiger partial charge in [-0.3, -0.25) is 4.98 Å². The van der Waals surface area contributed by atoms with Crippen molar-refractivity contribution in [3.63, 3.8) is 0 Å². The normalized spacial score (nSPS) is 11.7. The van der Waals surface area contributed by atoms with E-state index in [1.807, 2.05) is 12.4 Å². The topological polar surface area (TPSA) is 22.8 Å². The molecule has 3 heterocycles. The van der Waals surface area contributed by atoms with E-state index >= 15 is 0 Å². The van der Waals surface area contributed by atoms with Gasteiger partial charge in [0.05, 0.1) is 22.1 Å². The first-order valence-corrected chi connectivity index (χ1v) is 12.9. The van der Waals surface area contributed by atoms with Gasteiger partial charge in [0.2, 0.25) is 0 Å². The van der Waals surface area contributed by atoms with Crippen LogP contribution in [-0.2, 0) is 0 Å². The molecule has 0 saturated heterocycles. The minimum Gasteiger partial charge on any atom is -0.309 e. The molecule has 0 atom stereocenters. The zero-order valence-electron chi connectivity index (χ0n) is 20.6. The van der Waals surface area contributed by atoms with E-state index in [0.717, 1.165) is 5.69 Å². The van der Waals surface area contributed by atoms with Crippen molar-refractivity contribution in [3.8, 4) is 22.5 Å². The zero-order chi connectivity index (χ0) is 25.1. The predicted octanol–water partition coefficient (Wildman–Crippen LogP) is 8.94. The Morgan fingerprint density at radius 3 is 1.76 bits per heavy atom. The SMILES string of the molecule is c1ccc(-n2c3ccccc3c3cc(-c4ccc5c6cnccc6n(-c6ccccc6)c5c4)ccc32)cc1. The fraction of sp³-hybridized carbons (Fsp3) is 0. The third kappa shape index (κ3) is 3.06.